The lowest BCUT2D eigenvalue weighted by atomic mass is 10.1. The first-order chi connectivity index (χ1) is 11.6. The second-order valence-corrected chi connectivity index (χ2v) is 7.84. The Morgan fingerprint density at radius 1 is 1.04 bits per heavy atom. The molecule has 0 aliphatic carbocycles. The first kappa shape index (κ1) is 16.8. The summed E-state index contributed by atoms with van der Waals surface area (Å²) in [6.45, 7) is 2.15. The van der Waals surface area contributed by atoms with Crippen molar-refractivity contribution in [2.45, 2.75) is 13.0 Å². The summed E-state index contributed by atoms with van der Waals surface area (Å²) in [6.07, 6.45) is 1.97. The predicted molar refractivity (Wildman–Crippen MR) is 102 cm³/mol. The molecule has 1 unspecified atom stereocenters. The standard InChI is InChI=1S/C18H17BrN4S/c1-13(14-6-4-3-5-7-14)20-15-8-10-16(11-9-15)21-22-18-23(2)12-17(19)24-18/h3-13H,1-2H3/p+1. The third kappa shape index (κ3) is 4.27. The summed E-state index contributed by atoms with van der Waals surface area (Å²) >= 11 is 5.00. The molecule has 24 heavy (non-hydrogen) atoms. The Morgan fingerprint density at radius 3 is 2.38 bits per heavy atom. The van der Waals surface area contributed by atoms with Crippen molar-refractivity contribution < 1.29 is 4.57 Å². The summed E-state index contributed by atoms with van der Waals surface area (Å²) in [5.41, 5.74) is 3.16. The molecule has 0 saturated heterocycles. The lowest BCUT2D eigenvalue weighted by Gasteiger charge is -2.15. The number of thiazole rings is 1. The second kappa shape index (κ2) is 7.68. The zero-order valence-corrected chi connectivity index (χ0v) is 15.9. The van der Waals surface area contributed by atoms with Crippen LogP contribution in [-0.2, 0) is 7.05 Å². The van der Waals surface area contributed by atoms with E-state index in [1.807, 2.05) is 48.1 Å². The van der Waals surface area contributed by atoms with Crippen molar-refractivity contribution in [1.29, 1.82) is 0 Å². The summed E-state index contributed by atoms with van der Waals surface area (Å²) in [5, 5.41) is 12.9. The molecule has 3 rings (SSSR count). The fourth-order valence-corrected chi connectivity index (χ4v) is 3.69. The van der Waals surface area contributed by atoms with Gasteiger partial charge in [0.1, 0.15) is 15.7 Å². The Bertz CT molecular complexity index is 828. The van der Waals surface area contributed by atoms with Gasteiger partial charge in [0.2, 0.25) is 0 Å². The molecule has 1 heterocycles. The Kier molecular flexibility index (Phi) is 5.37. The molecule has 0 aliphatic heterocycles. The molecule has 0 aliphatic rings. The van der Waals surface area contributed by atoms with Crippen LogP contribution in [0.2, 0.25) is 0 Å². The maximum absolute atomic E-state index is 4.30. The lowest BCUT2D eigenvalue weighted by molar-refractivity contribution is -0.654. The number of azo groups is 1. The van der Waals surface area contributed by atoms with E-state index in [0.717, 1.165) is 20.3 Å². The van der Waals surface area contributed by atoms with Gasteiger partial charge in [0.15, 0.2) is 0 Å². The highest BCUT2D eigenvalue weighted by Crippen LogP contribution is 2.26. The van der Waals surface area contributed by atoms with E-state index in [9.17, 15) is 0 Å². The number of aryl methyl sites for hydroxylation is 1. The molecule has 6 heteroatoms. The number of rotatable bonds is 5. The summed E-state index contributed by atoms with van der Waals surface area (Å²) in [5.74, 6) is 0. The van der Waals surface area contributed by atoms with Gasteiger partial charge in [0, 0.05) is 11.7 Å². The fraction of sp³-hybridized carbons (Fsp3) is 0.167. The highest BCUT2D eigenvalue weighted by Gasteiger charge is 2.11. The van der Waals surface area contributed by atoms with Gasteiger partial charge < -0.3 is 5.32 Å². The molecule has 122 valence electrons. The van der Waals surface area contributed by atoms with Crippen molar-refractivity contribution in [3.8, 4) is 0 Å². The Labute approximate surface area is 154 Å². The first-order valence-electron chi connectivity index (χ1n) is 7.60. The number of halogens is 1. The minimum atomic E-state index is 0.251. The average molecular weight is 402 g/mol. The van der Waals surface area contributed by atoms with Crippen molar-refractivity contribution in [1.82, 2.24) is 0 Å². The van der Waals surface area contributed by atoms with Crippen LogP contribution in [0.1, 0.15) is 18.5 Å². The molecule has 3 aromatic rings. The van der Waals surface area contributed by atoms with Gasteiger partial charge in [-0.1, -0.05) is 30.3 Å². The third-order valence-corrected chi connectivity index (χ3v) is 5.13. The molecule has 4 nitrogen and oxygen atoms in total. The minimum absolute atomic E-state index is 0.251. The van der Waals surface area contributed by atoms with E-state index < -0.39 is 0 Å². The highest BCUT2D eigenvalue weighted by atomic mass is 79.9. The number of nitrogens with zero attached hydrogens (tertiary/aromatic N) is 3. The quantitative estimate of drug-likeness (QED) is 0.417. The van der Waals surface area contributed by atoms with Crippen LogP contribution in [0.15, 0.2) is 74.8 Å². The molecule has 0 radical (unpaired) electrons. The zero-order chi connectivity index (χ0) is 16.9. The van der Waals surface area contributed by atoms with Crippen molar-refractivity contribution in [3.63, 3.8) is 0 Å². The van der Waals surface area contributed by atoms with Crippen LogP contribution < -0.4 is 9.88 Å². The summed E-state index contributed by atoms with van der Waals surface area (Å²) in [6, 6.07) is 18.6. The average Bonchev–Trinajstić information content (AvgIpc) is 2.92. The summed E-state index contributed by atoms with van der Waals surface area (Å²) < 4.78 is 2.98. The van der Waals surface area contributed by atoms with Gasteiger partial charge in [0.25, 0.3) is 0 Å². The monoisotopic (exact) mass is 401 g/mol. The zero-order valence-electron chi connectivity index (χ0n) is 13.5. The molecule has 0 bridgehead atoms. The van der Waals surface area contributed by atoms with Crippen LogP contribution in [0, 0.1) is 0 Å². The van der Waals surface area contributed by atoms with Crippen molar-refractivity contribution >= 4 is 43.8 Å². The summed E-state index contributed by atoms with van der Waals surface area (Å²) in [7, 11) is 1.95. The van der Waals surface area contributed by atoms with E-state index in [1.54, 1.807) is 11.3 Å². The van der Waals surface area contributed by atoms with E-state index in [4.69, 9.17) is 0 Å². The van der Waals surface area contributed by atoms with Crippen molar-refractivity contribution in [2.75, 3.05) is 5.32 Å². The maximum atomic E-state index is 4.30. The number of anilines is 1. The number of hydrogen-bond acceptors (Lipinski definition) is 4. The molecular weight excluding hydrogens is 384 g/mol. The van der Waals surface area contributed by atoms with Crippen LogP contribution in [-0.4, -0.2) is 0 Å². The van der Waals surface area contributed by atoms with Gasteiger partial charge in [-0.05, 0) is 69.1 Å². The Morgan fingerprint density at radius 2 is 1.75 bits per heavy atom. The van der Waals surface area contributed by atoms with Crippen LogP contribution in [0.4, 0.5) is 16.5 Å². The maximum Gasteiger partial charge on any atom is 0.409 e. The SMILES string of the molecule is CC(Nc1ccc(N=Nc2sc(Br)c[n+]2C)cc1)c1ccccc1. The molecule has 1 aromatic heterocycles. The van der Waals surface area contributed by atoms with E-state index in [-0.39, 0.29) is 6.04 Å². The number of aromatic nitrogens is 1. The molecule has 0 fully saturated rings. The Hall–Kier alpha value is -2.05. The van der Waals surface area contributed by atoms with Gasteiger partial charge in [-0.3, -0.25) is 0 Å². The summed E-state index contributed by atoms with van der Waals surface area (Å²) in [4.78, 5) is 0. The molecule has 1 N–H and O–H groups in total. The topological polar surface area (TPSA) is 40.6 Å². The van der Waals surface area contributed by atoms with E-state index in [2.05, 4.69) is 62.7 Å². The van der Waals surface area contributed by atoms with Gasteiger partial charge >= 0.3 is 5.13 Å². The van der Waals surface area contributed by atoms with Gasteiger partial charge in [-0.25, -0.2) is 4.57 Å². The molecule has 0 saturated carbocycles. The predicted octanol–water partition coefficient (Wildman–Crippen LogP) is 5.92. The molecule has 2 aromatic carbocycles. The van der Waals surface area contributed by atoms with Crippen LogP contribution in [0.3, 0.4) is 0 Å². The van der Waals surface area contributed by atoms with Crippen molar-refractivity contribution in [3.05, 3.63) is 70.1 Å². The highest BCUT2D eigenvalue weighted by molar-refractivity contribution is 9.11. The molecule has 0 amide bonds. The van der Waals surface area contributed by atoms with Gasteiger partial charge in [0.05, 0.1) is 12.2 Å². The lowest BCUT2D eigenvalue weighted by Crippen LogP contribution is -2.23. The third-order valence-electron chi connectivity index (χ3n) is 3.59. The number of nitrogens with one attached hydrogen (secondary N) is 1. The Balaban J connectivity index is 1.66. The fourth-order valence-electron chi connectivity index (χ4n) is 2.28. The number of hydrogen-bond donors (Lipinski definition) is 1. The molecule has 1 atom stereocenters. The van der Waals surface area contributed by atoms with Crippen LogP contribution in [0.25, 0.3) is 0 Å². The van der Waals surface area contributed by atoms with Gasteiger partial charge in [-0.2, -0.15) is 0 Å². The largest absolute Gasteiger partial charge is 0.409 e. The van der Waals surface area contributed by atoms with Crippen LogP contribution >= 0.6 is 27.3 Å². The van der Waals surface area contributed by atoms with Gasteiger partial charge in [-0.15, -0.1) is 0 Å². The number of benzene rings is 2. The molecular formula is C18H18BrN4S+. The first-order valence-corrected chi connectivity index (χ1v) is 9.21. The van der Waals surface area contributed by atoms with E-state index in [1.165, 1.54) is 5.56 Å². The minimum Gasteiger partial charge on any atom is -0.379 e. The van der Waals surface area contributed by atoms with Crippen LogP contribution in [0.5, 0.6) is 0 Å². The molecule has 0 spiro atoms. The van der Waals surface area contributed by atoms with E-state index >= 15 is 0 Å². The van der Waals surface area contributed by atoms with E-state index in [0.29, 0.717) is 0 Å². The normalized spacial score (nSPS) is 12.5. The smallest absolute Gasteiger partial charge is 0.379 e. The van der Waals surface area contributed by atoms with Crippen molar-refractivity contribution in [2.24, 2.45) is 17.3 Å². The second-order valence-electron chi connectivity index (χ2n) is 5.45.